The van der Waals surface area contributed by atoms with Crippen molar-refractivity contribution in [1.82, 2.24) is 20.5 Å². The van der Waals surface area contributed by atoms with E-state index < -0.39 is 29.2 Å². The number of aryl methyl sites for hydroxylation is 1. The van der Waals surface area contributed by atoms with E-state index in [9.17, 15) is 24.3 Å². The summed E-state index contributed by atoms with van der Waals surface area (Å²) in [4.78, 5) is 59.0. The second kappa shape index (κ2) is 16.7. The highest BCUT2D eigenvalue weighted by atomic mass is 32.1. The Bertz CT molecular complexity index is 1360. The summed E-state index contributed by atoms with van der Waals surface area (Å²) in [6, 6.07) is 5.95. The number of likely N-dealkylation sites (tertiary alicyclic amines) is 1. The zero-order chi connectivity index (χ0) is 34.9. The third-order valence-corrected chi connectivity index (χ3v) is 9.24. The van der Waals surface area contributed by atoms with Crippen molar-refractivity contribution in [3.8, 4) is 10.4 Å². The molecule has 3 N–H and O–H groups in total. The van der Waals surface area contributed by atoms with Crippen LogP contribution in [0.25, 0.3) is 10.4 Å². The highest BCUT2D eigenvalue weighted by Crippen LogP contribution is 2.29. The van der Waals surface area contributed by atoms with Crippen molar-refractivity contribution >= 4 is 35.0 Å². The van der Waals surface area contributed by atoms with E-state index in [2.05, 4.69) is 15.6 Å². The van der Waals surface area contributed by atoms with Gasteiger partial charge in [0.05, 0.1) is 28.2 Å². The van der Waals surface area contributed by atoms with E-state index in [1.165, 1.54) is 4.90 Å². The maximum Gasteiger partial charge on any atom is 0.306 e. The molecular weight excluding hydrogens is 616 g/mol. The molecular formula is C36H54N4O6S. The lowest BCUT2D eigenvalue weighted by molar-refractivity contribution is -0.155. The number of esters is 1. The number of ether oxygens (including phenoxy) is 1. The van der Waals surface area contributed by atoms with Crippen LogP contribution in [0.5, 0.6) is 0 Å². The Labute approximate surface area is 284 Å². The summed E-state index contributed by atoms with van der Waals surface area (Å²) < 4.78 is 5.33. The normalized spacial score (nSPS) is 18.0. The van der Waals surface area contributed by atoms with Crippen molar-refractivity contribution < 1.29 is 29.0 Å². The predicted octanol–water partition coefficient (Wildman–Crippen LogP) is 5.86. The number of hydrogen-bond acceptors (Lipinski definition) is 8. The SMILES string of the molecule is Cc1ncsc1-c1ccc([C@H](C)NC(=O)[C@@H]2C[C@@H](O)CN2C(=O)[C@@H](NC(=O)CCCCCCCC(=O)OC(C)(C)C)C(C)(C)C)cc1. The largest absolute Gasteiger partial charge is 0.460 e. The molecule has 1 aromatic carbocycles. The van der Waals surface area contributed by atoms with E-state index in [4.69, 9.17) is 4.74 Å². The Morgan fingerprint density at radius 1 is 0.979 bits per heavy atom. The summed E-state index contributed by atoms with van der Waals surface area (Å²) in [5.74, 6) is -1.13. The second-order valence-electron chi connectivity index (χ2n) is 14.7. The lowest BCUT2D eigenvalue weighted by atomic mass is 9.85. The fraction of sp³-hybridized carbons (Fsp3) is 0.639. The number of benzene rings is 1. The minimum absolute atomic E-state index is 0.0277. The lowest BCUT2D eigenvalue weighted by Crippen LogP contribution is -2.57. The van der Waals surface area contributed by atoms with E-state index in [1.807, 2.05) is 85.2 Å². The summed E-state index contributed by atoms with van der Waals surface area (Å²) in [7, 11) is 0. The molecule has 47 heavy (non-hydrogen) atoms. The molecule has 0 spiro atoms. The van der Waals surface area contributed by atoms with Crippen LogP contribution in [0.2, 0.25) is 0 Å². The number of aliphatic hydroxyl groups excluding tert-OH is 1. The van der Waals surface area contributed by atoms with Crippen molar-refractivity contribution in [2.75, 3.05) is 6.54 Å². The summed E-state index contributed by atoms with van der Waals surface area (Å²) in [6.07, 6.45) is 3.98. The number of aromatic nitrogens is 1. The van der Waals surface area contributed by atoms with Gasteiger partial charge in [-0.2, -0.15) is 0 Å². The first-order valence-electron chi connectivity index (χ1n) is 16.8. The molecule has 0 unspecified atom stereocenters. The van der Waals surface area contributed by atoms with Gasteiger partial charge in [0.25, 0.3) is 0 Å². The van der Waals surface area contributed by atoms with Gasteiger partial charge < -0.3 is 25.4 Å². The van der Waals surface area contributed by atoms with E-state index in [1.54, 1.807) is 11.3 Å². The zero-order valence-corrected chi connectivity index (χ0v) is 30.2. The smallest absolute Gasteiger partial charge is 0.306 e. The van der Waals surface area contributed by atoms with Crippen LogP contribution >= 0.6 is 11.3 Å². The van der Waals surface area contributed by atoms with Gasteiger partial charge in [0.2, 0.25) is 17.7 Å². The molecule has 260 valence electrons. The fourth-order valence-electron chi connectivity index (χ4n) is 5.73. The highest BCUT2D eigenvalue weighted by molar-refractivity contribution is 7.13. The Morgan fingerprint density at radius 3 is 2.17 bits per heavy atom. The molecule has 11 heteroatoms. The second-order valence-corrected chi connectivity index (χ2v) is 15.6. The minimum atomic E-state index is -0.857. The number of thiazole rings is 1. The van der Waals surface area contributed by atoms with Crippen molar-refractivity contribution in [3.63, 3.8) is 0 Å². The summed E-state index contributed by atoms with van der Waals surface area (Å²) in [5.41, 5.74) is 3.68. The zero-order valence-electron chi connectivity index (χ0n) is 29.4. The number of carbonyl (C=O) groups is 4. The van der Waals surface area contributed by atoms with Gasteiger partial charge in [-0.1, -0.05) is 64.3 Å². The topological polar surface area (TPSA) is 138 Å². The van der Waals surface area contributed by atoms with Crippen LogP contribution in [0.3, 0.4) is 0 Å². The highest BCUT2D eigenvalue weighted by Gasteiger charge is 2.44. The maximum atomic E-state index is 13.9. The van der Waals surface area contributed by atoms with Crippen LogP contribution in [0.15, 0.2) is 29.8 Å². The van der Waals surface area contributed by atoms with Crippen molar-refractivity contribution in [1.29, 1.82) is 0 Å². The number of hydrogen-bond donors (Lipinski definition) is 3. The van der Waals surface area contributed by atoms with Crippen LogP contribution in [0.4, 0.5) is 0 Å². The molecule has 3 amide bonds. The summed E-state index contributed by atoms with van der Waals surface area (Å²) in [6.45, 7) is 15.1. The van der Waals surface area contributed by atoms with Gasteiger partial charge in [-0.15, -0.1) is 11.3 Å². The average Bonchev–Trinajstić information content (AvgIpc) is 3.58. The van der Waals surface area contributed by atoms with Gasteiger partial charge in [-0.3, -0.25) is 19.2 Å². The molecule has 1 fully saturated rings. The molecule has 0 aliphatic carbocycles. The summed E-state index contributed by atoms with van der Waals surface area (Å²) >= 11 is 1.58. The van der Waals surface area contributed by atoms with Gasteiger partial charge in [0, 0.05) is 25.8 Å². The molecule has 2 aromatic rings. The standard InChI is InChI=1S/C36H54N4O6S/c1-23(25-16-18-26(19-17-25)31-24(2)37-22-47-31)38-33(44)28-20-27(41)21-40(28)34(45)32(35(3,4)5)39-29(42)14-12-10-9-11-13-15-30(43)46-36(6,7)8/h16-19,22-23,27-28,32,41H,9-15,20-21H2,1-8H3,(H,38,44)(H,39,42)/t23-,27+,28-,32+/m0/s1. The number of unbranched alkanes of at least 4 members (excludes halogenated alkanes) is 4. The van der Waals surface area contributed by atoms with Gasteiger partial charge in [0.1, 0.15) is 17.7 Å². The number of nitrogens with zero attached hydrogens (tertiary/aromatic N) is 2. The van der Waals surface area contributed by atoms with Crippen molar-refractivity contribution in [3.05, 3.63) is 41.0 Å². The molecule has 3 rings (SSSR count). The first-order chi connectivity index (χ1) is 22.0. The maximum absolute atomic E-state index is 13.9. The average molecular weight is 671 g/mol. The third-order valence-electron chi connectivity index (χ3n) is 8.26. The Kier molecular flexibility index (Phi) is 13.5. The third kappa shape index (κ3) is 11.7. The van der Waals surface area contributed by atoms with Crippen LogP contribution in [0, 0.1) is 12.3 Å². The quantitative estimate of drug-likeness (QED) is 0.169. The first-order valence-corrected chi connectivity index (χ1v) is 17.6. The molecule has 4 atom stereocenters. The van der Waals surface area contributed by atoms with E-state index in [0.29, 0.717) is 12.8 Å². The van der Waals surface area contributed by atoms with Crippen molar-refractivity contribution in [2.24, 2.45) is 5.41 Å². The lowest BCUT2D eigenvalue weighted by Gasteiger charge is -2.35. The Morgan fingerprint density at radius 2 is 1.60 bits per heavy atom. The first kappa shape index (κ1) is 38.1. The number of carbonyl (C=O) groups excluding carboxylic acids is 4. The molecule has 1 aliphatic heterocycles. The molecule has 1 aromatic heterocycles. The minimum Gasteiger partial charge on any atom is -0.460 e. The number of aliphatic hydroxyl groups is 1. The molecule has 1 aliphatic rings. The monoisotopic (exact) mass is 670 g/mol. The Balaban J connectivity index is 1.52. The van der Waals surface area contributed by atoms with Crippen molar-refractivity contribution in [2.45, 2.75) is 137 Å². The number of rotatable bonds is 14. The van der Waals surface area contributed by atoms with E-state index in [-0.39, 0.29) is 49.1 Å². The molecule has 10 nitrogen and oxygen atoms in total. The van der Waals surface area contributed by atoms with Crippen LogP contribution in [-0.2, 0) is 23.9 Å². The Hall–Kier alpha value is -3.31. The predicted molar refractivity (Wildman–Crippen MR) is 185 cm³/mol. The molecule has 0 saturated carbocycles. The van der Waals surface area contributed by atoms with Crippen LogP contribution < -0.4 is 10.6 Å². The fourth-order valence-corrected chi connectivity index (χ4v) is 6.54. The van der Waals surface area contributed by atoms with Gasteiger partial charge in [-0.05, 0) is 64.0 Å². The molecule has 0 bridgehead atoms. The summed E-state index contributed by atoms with van der Waals surface area (Å²) in [5, 5.41) is 16.5. The van der Waals surface area contributed by atoms with Crippen LogP contribution in [0.1, 0.15) is 117 Å². The number of amides is 3. The van der Waals surface area contributed by atoms with Gasteiger partial charge in [0.15, 0.2) is 0 Å². The van der Waals surface area contributed by atoms with Crippen LogP contribution in [-0.4, -0.2) is 69.0 Å². The van der Waals surface area contributed by atoms with E-state index >= 15 is 0 Å². The van der Waals surface area contributed by atoms with E-state index in [0.717, 1.165) is 47.4 Å². The van der Waals surface area contributed by atoms with Gasteiger partial charge in [-0.25, -0.2) is 4.98 Å². The molecule has 2 heterocycles. The number of nitrogens with one attached hydrogen (secondary N) is 2. The molecule has 1 saturated heterocycles. The molecule has 0 radical (unpaired) electrons. The van der Waals surface area contributed by atoms with Gasteiger partial charge >= 0.3 is 5.97 Å². The number of β-amino-alcohol motifs (C(OH)–C–C–N with tert-alkyl or cyclic N) is 1.